The van der Waals surface area contributed by atoms with Crippen molar-refractivity contribution in [3.05, 3.63) is 17.4 Å². The molecule has 0 aliphatic carbocycles. The normalized spacial score (nSPS) is 10.7. The fourth-order valence-electron chi connectivity index (χ4n) is 1.60. The summed E-state index contributed by atoms with van der Waals surface area (Å²) in [7, 11) is 0. The first-order valence-electron chi connectivity index (χ1n) is 5.57. The Hall–Kier alpha value is -0.920. The van der Waals surface area contributed by atoms with Gasteiger partial charge >= 0.3 is 0 Å². The summed E-state index contributed by atoms with van der Waals surface area (Å²) < 4.78 is 5.05. The van der Waals surface area contributed by atoms with Crippen LogP contribution in [0.1, 0.15) is 50.7 Å². The van der Waals surface area contributed by atoms with Gasteiger partial charge in [-0.25, -0.2) is 0 Å². The van der Waals surface area contributed by atoms with E-state index in [0.29, 0.717) is 0 Å². The Balaban J connectivity index is 2.62. The number of hydrogen-bond donors (Lipinski definition) is 0. The minimum atomic E-state index is 0.129. The molecule has 0 spiro atoms. The van der Waals surface area contributed by atoms with Gasteiger partial charge in [0.05, 0.1) is 6.26 Å². The Morgan fingerprint density at radius 1 is 1.14 bits per heavy atom. The Morgan fingerprint density at radius 2 is 1.79 bits per heavy atom. The Morgan fingerprint density at radius 3 is 2.43 bits per heavy atom. The van der Waals surface area contributed by atoms with E-state index in [-0.39, 0.29) is 5.88 Å². The van der Waals surface area contributed by atoms with Gasteiger partial charge in [0.15, 0.2) is 0 Å². The molecular formula is C12H19NO. The molecule has 0 saturated heterocycles. The van der Waals surface area contributed by atoms with Gasteiger partial charge in [-0.2, -0.15) is 0 Å². The number of unbranched alkanes of at least 4 members (excludes halogenated alkanes) is 2. The van der Waals surface area contributed by atoms with E-state index in [9.17, 15) is 5.73 Å². The van der Waals surface area contributed by atoms with Crippen LogP contribution < -0.4 is 5.73 Å². The van der Waals surface area contributed by atoms with E-state index in [4.69, 9.17) is 4.42 Å². The zero-order chi connectivity index (χ0) is 10.4. The SMILES string of the molecule is CCCCc1coc([N])c1CCCC. The van der Waals surface area contributed by atoms with Gasteiger partial charge in [-0.3, -0.25) is 0 Å². The molecule has 0 amide bonds. The van der Waals surface area contributed by atoms with Gasteiger partial charge in [-0.15, -0.1) is 5.73 Å². The van der Waals surface area contributed by atoms with Crippen LogP contribution in [0.4, 0.5) is 5.88 Å². The van der Waals surface area contributed by atoms with Gasteiger partial charge in [0, 0.05) is 5.56 Å². The van der Waals surface area contributed by atoms with Crippen LogP contribution in [0.15, 0.2) is 10.7 Å². The van der Waals surface area contributed by atoms with E-state index in [2.05, 4.69) is 13.8 Å². The molecule has 0 N–H and O–H groups in total. The van der Waals surface area contributed by atoms with Crippen LogP contribution in [0.3, 0.4) is 0 Å². The molecule has 1 heterocycles. The van der Waals surface area contributed by atoms with Crippen LogP contribution in [-0.2, 0) is 12.8 Å². The van der Waals surface area contributed by atoms with E-state index in [1.165, 1.54) is 12.0 Å². The highest BCUT2D eigenvalue weighted by molar-refractivity contribution is 5.39. The average Bonchev–Trinajstić information content (AvgIpc) is 2.53. The van der Waals surface area contributed by atoms with Gasteiger partial charge in [0.1, 0.15) is 0 Å². The van der Waals surface area contributed by atoms with Crippen LogP contribution in [-0.4, -0.2) is 0 Å². The van der Waals surface area contributed by atoms with E-state index in [1.54, 1.807) is 6.26 Å². The van der Waals surface area contributed by atoms with Crippen molar-refractivity contribution in [2.45, 2.75) is 52.4 Å². The molecule has 0 aromatic carbocycles. The van der Waals surface area contributed by atoms with Crippen molar-refractivity contribution in [3.8, 4) is 0 Å². The first-order valence-corrected chi connectivity index (χ1v) is 5.57. The standard InChI is InChI=1S/C12H19NO/c1-3-5-7-10-9-14-12(13)11(10)8-6-4-2/h9H,3-8H2,1-2H3. The molecule has 0 unspecified atom stereocenters. The van der Waals surface area contributed by atoms with Crippen molar-refractivity contribution in [1.82, 2.24) is 5.73 Å². The molecule has 2 radical (unpaired) electrons. The third kappa shape index (κ3) is 2.79. The van der Waals surface area contributed by atoms with Gasteiger partial charge in [-0.05, 0) is 31.2 Å². The third-order valence-corrected chi connectivity index (χ3v) is 2.54. The highest BCUT2D eigenvalue weighted by atomic mass is 16.3. The molecule has 1 aromatic rings. The van der Waals surface area contributed by atoms with Gasteiger partial charge < -0.3 is 4.42 Å². The van der Waals surface area contributed by atoms with Crippen LogP contribution in [0.25, 0.3) is 0 Å². The highest BCUT2D eigenvalue weighted by Crippen LogP contribution is 2.24. The Labute approximate surface area is 86.5 Å². The molecule has 0 saturated carbocycles. The van der Waals surface area contributed by atoms with Crippen LogP contribution in [0, 0.1) is 0 Å². The summed E-state index contributed by atoms with van der Waals surface area (Å²) in [6.45, 7) is 4.33. The third-order valence-electron chi connectivity index (χ3n) is 2.54. The maximum absolute atomic E-state index is 9.49. The molecule has 1 aromatic heterocycles. The molecule has 2 nitrogen and oxygen atoms in total. The first-order chi connectivity index (χ1) is 6.79. The second-order valence-electron chi connectivity index (χ2n) is 3.75. The van der Waals surface area contributed by atoms with E-state index in [0.717, 1.165) is 37.7 Å². The molecule has 2 heteroatoms. The lowest BCUT2D eigenvalue weighted by molar-refractivity contribution is 0.566. The van der Waals surface area contributed by atoms with Gasteiger partial charge in [-0.1, -0.05) is 26.7 Å². The summed E-state index contributed by atoms with van der Waals surface area (Å²) in [5, 5.41) is 0. The van der Waals surface area contributed by atoms with Crippen LogP contribution >= 0.6 is 0 Å². The predicted octanol–water partition coefficient (Wildman–Crippen LogP) is 3.67. The number of furan rings is 1. The van der Waals surface area contributed by atoms with Crippen molar-refractivity contribution < 1.29 is 4.42 Å². The predicted molar refractivity (Wildman–Crippen MR) is 57.7 cm³/mol. The largest absolute Gasteiger partial charge is 0.445 e. The number of hydrogen-bond acceptors (Lipinski definition) is 1. The zero-order valence-corrected chi connectivity index (χ0v) is 9.18. The molecular weight excluding hydrogens is 174 g/mol. The smallest absolute Gasteiger partial charge is 0.241 e. The maximum atomic E-state index is 9.49. The maximum Gasteiger partial charge on any atom is 0.241 e. The number of aryl methyl sites for hydroxylation is 1. The summed E-state index contributed by atoms with van der Waals surface area (Å²) >= 11 is 0. The van der Waals surface area contributed by atoms with Crippen LogP contribution in [0.2, 0.25) is 0 Å². The summed E-state index contributed by atoms with van der Waals surface area (Å²) in [5.74, 6) is 0.129. The minimum Gasteiger partial charge on any atom is -0.445 e. The molecule has 0 aliphatic heterocycles. The van der Waals surface area contributed by atoms with E-state index in [1.807, 2.05) is 0 Å². The molecule has 0 aliphatic rings. The summed E-state index contributed by atoms with van der Waals surface area (Å²) in [5.41, 5.74) is 11.7. The average molecular weight is 193 g/mol. The fourth-order valence-corrected chi connectivity index (χ4v) is 1.60. The first kappa shape index (κ1) is 11.2. The molecule has 1 rings (SSSR count). The molecule has 0 atom stereocenters. The topological polar surface area (TPSA) is 35.4 Å². The van der Waals surface area contributed by atoms with Crippen molar-refractivity contribution >= 4 is 5.88 Å². The van der Waals surface area contributed by atoms with E-state index < -0.39 is 0 Å². The van der Waals surface area contributed by atoms with Crippen molar-refractivity contribution in [2.24, 2.45) is 0 Å². The Kier molecular flexibility index (Phi) is 4.57. The summed E-state index contributed by atoms with van der Waals surface area (Å²) in [6, 6.07) is 0. The van der Waals surface area contributed by atoms with Crippen molar-refractivity contribution in [3.63, 3.8) is 0 Å². The zero-order valence-electron chi connectivity index (χ0n) is 9.18. The van der Waals surface area contributed by atoms with Crippen molar-refractivity contribution in [1.29, 1.82) is 0 Å². The molecule has 14 heavy (non-hydrogen) atoms. The summed E-state index contributed by atoms with van der Waals surface area (Å²) in [4.78, 5) is 0. The molecule has 0 bridgehead atoms. The minimum absolute atomic E-state index is 0.129. The number of rotatable bonds is 6. The van der Waals surface area contributed by atoms with Gasteiger partial charge in [0.2, 0.25) is 5.88 Å². The number of nitrogens with zero attached hydrogens (tertiary/aromatic N) is 1. The monoisotopic (exact) mass is 193 g/mol. The second-order valence-corrected chi connectivity index (χ2v) is 3.75. The lowest BCUT2D eigenvalue weighted by atomic mass is 10.0. The lowest BCUT2D eigenvalue weighted by Gasteiger charge is -2.00. The fraction of sp³-hybridized carbons (Fsp3) is 0.667. The highest BCUT2D eigenvalue weighted by Gasteiger charge is 2.11. The van der Waals surface area contributed by atoms with Gasteiger partial charge in [0.25, 0.3) is 0 Å². The van der Waals surface area contributed by atoms with Crippen molar-refractivity contribution in [2.75, 3.05) is 0 Å². The quantitative estimate of drug-likeness (QED) is 0.679. The Bertz CT molecular complexity index is 265. The van der Waals surface area contributed by atoms with Crippen LogP contribution in [0.5, 0.6) is 0 Å². The summed E-state index contributed by atoms with van der Waals surface area (Å²) in [6.07, 6.45) is 8.29. The lowest BCUT2D eigenvalue weighted by Crippen LogP contribution is -1.91. The molecule has 78 valence electrons. The van der Waals surface area contributed by atoms with E-state index >= 15 is 0 Å². The second kappa shape index (κ2) is 5.74. The molecule has 0 fully saturated rings.